The van der Waals surface area contributed by atoms with Gasteiger partial charge in [-0.3, -0.25) is 4.79 Å². The van der Waals surface area contributed by atoms with E-state index in [2.05, 4.69) is 31.2 Å². The molecule has 0 aliphatic carbocycles. The van der Waals surface area contributed by atoms with Crippen LogP contribution >= 0.6 is 15.9 Å². The number of amides is 1. The van der Waals surface area contributed by atoms with Gasteiger partial charge in [0.25, 0.3) is 5.91 Å². The van der Waals surface area contributed by atoms with Crippen molar-refractivity contribution in [3.63, 3.8) is 0 Å². The fourth-order valence-corrected chi connectivity index (χ4v) is 4.05. The van der Waals surface area contributed by atoms with Gasteiger partial charge in [-0.15, -0.1) is 0 Å². The number of hydrogen-bond acceptors (Lipinski definition) is 5. The lowest BCUT2D eigenvalue weighted by molar-refractivity contribution is 0.0773. The second-order valence-electron chi connectivity index (χ2n) is 7.36. The van der Waals surface area contributed by atoms with Gasteiger partial charge in [0.15, 0.2) is 0 Å². The van der Waals surface area contributed by atoms with Crippen molar-refractivity contribution in [2.24, 2.45) is 0 Å². The van der Waals surface area contributed by atoms with Gasteiger partial charge >= 0.3 is 0 Å². The molecule has 0 atom stereocenters. The van der Waals surface area contributed by atoms with E-state index in [9.17, 15) is 4.79 Å². The van der Waals surface area contributed by atoms with Crippen molar-refractivity contribution in [3.05, 3.63) is 76.8 Å². The third-order valence-corrected chi connectivity index (χ3v) is 5.79. The molecule has 6 nitrogen and oxygen atoms in total. The Bertz CT molecular complexity index is 1290. The molecule has 32 heavy (non-hydrogen) atoms. The monoisotopic (exact) mass is 489 g/mol. The second kappa shape index (κ2) is 9.36. The molecule has 0 fully saturated rings. The van der Waals surface area contributed by atoms with Crippen molar-refractivity contribution in [1.82, 2.24) is 14.9 Å². The van der Waals surface area contributed by atoms with E-state index >= 15 is 0 Å². The molecule has 4 aromatic rings. The van der Waals surface area contributed by atoms with Crippen molar-refractivity contribution in [2.45, 2.75) is 13.8 Å². The van der Waals surface area contributed by atoms with Gasteiger partial charge in [-0.1, -0.05) is 40.2 Å². The Labute approximate surface area is 195 Å². The third kappa shape index (κ3) is 4.57. The zero-order chi connectivity index (χ0) is 22.7. The Kier molecular flexibility index (Phi) is 6.37. The van der Waals surface area contributed by atoms with Gasteiger partial charge in [0, 0.05) is 34.2 Å². The van der Waals surface area contributed by atoms with E-state index in [0.29, 0.717) is 24.5 Å². The number of nitrogen functional groups attached to an aromatic ring is 1. The van der Waals surface area contributed by atoms with Crippen molar-refractivity contribution in [1.29, 1.82) is 0 Å². The average Bonchev–Trinajstić information content (AvgIpc) is 2.79. The SMILES string of the molecule is CCN(CC)C(=O)c1cccc(-c2ccc3nc(N)nc(Nc4cccc(Br)c4)c3c2)c1. The summed E-state index contributed by atoms with van der Waals surface area (Å²) in [5.41, 5.74) is 10.2. The molecule has 3 aromatic carbocycles. The molecule has 0 radical (unpaired) electrons. The lowest BCUT2D eigenvalue weighted by Crippen LogP contribution is -2.30. The van der Waals surface area contributed by atoms with Gasteiger partial charge in [0.1, 0.15) is 5.82 Å². The van der Waals surface area contributed by atoms with Gasteiger partial charge in [-0.05, 0) is 67.4 Å². The molecule has 0 aliphatic rings. The fraction of sp³-hybridized carbons (Fsp3) is 0.160. The minimum Gasteiger partial charge on any atom is -0.368 e. The number of halogens is 1. The molecule has 3 N–H and O–H groups in total. The maximum Gasteiger partial charge on any atom is 0.253 e. The van der Waals surface area contributed by atoms with Crippen LogP contribution in [0.25, 0.3) is 22.0 Å². The quantitative estimate of drug-likeness (QED) is 0.353. The van der Waals surface area contributed by atoms with E-state index in [1.165, 1.54) is 0 Å². The van der Waals surface area contributed by atoms with E-state index in [1.807, 2.05) is 85.5 Å². The Hall–Kier alpha value is -3.45. The first-order valence-corrected chi connectivity index (χ1v) is 11.3. The van der Waals surface area contributed by atoms with Crippen LogP contribution in [0.3, 0.4) is 0 Å². The number of nitrogens with one attached hydrogen (secondary N) is 1. The predicted molar refractivity (Wildman–Crippen MR) is 134 cm³/mol. The van der Waals surface area contributed by atoms with Gasteiger partial charge in [0.05, 0.1) is 5.52 Å². The highest BCUT2D eigenvalue weighted by Gasteiger charge is 2.14. The smallest absolute Gasteiger partial charge is 0.253 e. The van der Waals surface area contributed by atoms with Gasteiger partial charge < -0.3 is 16.0 Å². The van der Waals surface area contributed by atoms with Crippen LogP contribution < -0.4 is 11.1 Å². The highest BCUT2D eigenvalue weighted by Crippen LogP contribution is 2.30. The first-order valence-electron chi connectivity index (χ1n) is 10.5. The molecule has 7 heteroatoms. The molecule has 1 aromatic heterocycles. The predicted octanol–water partition coefficient (Wildman–Crippen LogP) is 5.87. The van der Waals surface area contributed by atoms with E-state index in [4.69, 9.17) is 5.73 Å². The second-order valence-corrected chi connectivity index (χ2v) is 8.27. The highest BCUT2D eigenvalue weighted by molar-refractivity contribution is 9.10. The number of nitrogens with two attached hydrogens (primary N) is 1. The number of carbonyl (C=O) groups excluding carboxylic acids is 1. The van der Waals surface area contributed by atoms with Crippen LogP contribution in [0.4, 0.5) is 17.5 Å². The fourth-order valence-electron chi connectivity index (χ4n) is 3.65. The largest absolute Gasteiger partial charge is 0.368 e. The van der Waals surface area contributed by atoms with Crippen LogP contribution in [-0.2, 0) is 0 Å². The summed E-state index contributed by atoms with van der Waals surface area (Å²) in [6.45, 7) is 5.33. The summed E-state index contributed by atoms with van der Waals surface area (Å²) in [5.74, 6) is 0.864. The van der Waals surface area contributed by atoms with Crippen molar-refractivity contribution in [2.75, 3.05) is 24.1 Å². The molecule has 1 heterocycles. The van der Waals surface area contributed by atoms with Crippen molar-refractivity contribution in [3.8, 4) is 11.1 Å². The number of nitrogens with zero attached hydrogens (tertiary/aromatic N) is 3. The van der Waals surface area contributed by atoms with Crippen LogP contribution in [0.5, 0.6) is 0 Å². The van der Waals surface area contributed by atoms with Gasteiger partial charge in [-0.25, -0.2) is 4.98 Å². The zero-order valence-corrected chi connectivity index (χ0v) is 19.6. The standard InChI is InChI=1S/C25H24BrN5O/c1-3-31(4-2)24(32)18-8-5-7-16(13-18)17-11-12-22-21(14-17)23(30-25(27)29-22)28-20-10-6-9-19(26)15-20/h5-15H,3-4H2,1-2H3,(H3,27,28,29,30). The number of benzene rings is 3. The van der Waals surface area contributed by atoms with E-state index in [0.717, 1.165) is 32.2 Å². The summed E-state index contributed by atoms with van der Waals surface area (Å²) in [5, 5.41) is 4.19. The molecule has 1 amide bonds. The summed E-state index contributed by atoms with van der Waals surface area (Å²) in [6, 6.07) is 21.5. The van der Waals surface area contributed by atoms with Gasteiger partial charge in [0.2, 0.25) is 5.95 Å². The number of carbonyl (C=O) groups is 1. The van der Waals surface area contributed by atoms with Crippen molar-refractivity contribution < 1.29 is 4.79 Å². The first kappa shape index (κ1) is 21.8. The molecule has 0 aliphatic heterocycles. The maximum atomic E-state index is 12.8. The summed E-state index contributed by atoms with van der Waals surface area (Å²) in [6.07, 6.45) is 0. The Balaban J connectivity index is 1.76. The number of hydrogen-bond donors (Lipinski definition) is 2. The minimum absolute atomic E-state index is 0.0331. The Morgan fingerprint density at radius 2 is 1.72 bits per heavy atom. The lowest BCUT2D eigenvalue weighted by Gasteiger charge is -2.19. The number of anilines is 3. The van der Waals surface area contributed by atoms with E-state index in [-0.39, 0.29) is 11.9 Å². The number of rotatable bonds is 6. The molecular weight excluding hydrogens is 466 g/mol. The summed E-state index contributed by atoms with van der Waals surface area (Å²) < 4.78 is 0.962. The zero-order valence-electron chi connectivity index (χ0n) is 18.0. The molecule has 0 saturated heterocycles. The molecule has 4 rings (SSSR count). The third-order valence-electron chi connectivity index (χ3n) is 5.29. The van der Waals surface area contributed by atoms with Crippen LogP contribution in [0.1, 0.15) is 24.2 Å². The van der Waals surface area contributed by atoms with E-state index < -0.39 is 0 Å². The summed E-state index contributed by atoms with van der Waals surface area (Å²) >= 11 is 3.49. The summed E-state index contributed by atoms with van der Waals surface area (Å²) in [4.78, 5) is 23.4. The molecular formula is C25H24BrN5O. The molecule has 0 unspecified atom stereocenters. The minimum atomic E-state index is 0.0331. The van der Waals surface area contributed by atoms with Crippen molar-refractivity contribution >= 4 is 50.2 Å². The highest BCUT2D eigenvalue weighted by atomic mass is 79.9. The van der Waals surface area contributed by atoms with Crippen LogP contribution in [0, 0.1) is 0 Å². The molecule has 162 valence electrons. The average molecular weight is 490 g/mol. The maximum absolute atomic E-state index is 12.8. The molecule has 0 saturated carbocycles. The normalized spacial score (nSPS) is 10.8. The first-order chi connectivity index (χ1) is 15.5. The van der Waals surface area contributed by atoms with Gasteiger partial charge in [-0.2, -0.15) is 4.98 Å². The van der Waals surface area contributed by atoms with Crippen LogP contribution in [0.2, 0.25) is 0 Å². The Morgan fingerprint density at radius 3 is 2.47 bits per heavy atom. The Morgan fingerprint density at radius 1 is 0.969 bits per heavy atom. The number of fused-ring (bicyclic) bond motifs is 1. The van der Waals surface area contributed by atoms with E-state index in [1.54, 1.807) is 0 Å². The molecule has 0 bridgehead atoms. The van der Waals surface area contributed by atoms with Crippen LogP contribution in [0.15, 0.2) is 71.2 Å². The summed E-state index contributed by atoms with van der Waals surface area (Å²) in [7, 11) is 0. The van der Waals surface area contributed by atoms with Crippen LogP contribution in [-0.4, -0.2) is 33.9 Å². The topological polar surface area (TPSA) is 84.1 Å². The lowest BCUT2D eigenvalue weighted by atomic mass is 10.0. The molecule has 0 spiro atoms. The number of aromatic nitrogens is 2.